The van der Waals surface area contributed by atoms with Crippen LogP contribution in [0.1, 0.15) is 5.69 Å². The molecule has 0 aliphatic heterocycles. The Labute approximate surface area is 107 Å². The molecular formula is C14H18N2O2. The predicted octanol–water partition coefficient (Wildman–Crippen LogP) is 2.63. The highest BCUT2D eigenvalue weighted by molar-refractivity contribution is 6.00. The maximum atomic E-state index is 5.44. The number of nitrogens with zero attached hydrogens (tertiary/aromatic N) is 2. The molecule has 0 unspecified atom stereocenters. The van der Waals surface area contributed by atoms with Gasteiger partial charge in [-0.1, -0.05) is 0 Å². The first kappa shape index (κ1) is 12.5. The van der Waals surface area contributed by atoms with Crippen molar-refractivity contribution in [2.75, 3.05) is 33.2 Å². The summed E-state index contributed by atoms with van der Waals surface area (Å²) in [7, 11) is 7.33. The van der Waals surface area contributed by atoms with E-state index in [4.69, 9.17) is 9.47 Å². The number of benzene rings is 1. The normalized spacial score (nSPS) is 10.5. The standard InChI is InChI=1S/C14H18N2O2/c1-9-8-10(16(2)3)13-11(17-4)6-7-12(18-5)14(13)15-9/h6-8H,1-5H3. The van der Waals surface area contributed by atoms with Gasteiger partial charge in [-0.25, -0.2) is 4.98 Å². The molecular weight excluding hydrogens is 228 g/mol. The van der Waals surface area contributed by atoms with Crippen LogP contribution in [0.25, 0.3) is 10.9 Å². The van der Waals surface area contributed by atoms with Crippen LogP contribution in [0.5, 0.6) is 11.5 Å². The van der Waals surface area contributed by atoms with E-state index < -0.39 is 0 Å². The van der Waals surface area contributed by atoms with Crippen LogP contribution < -0.4 is 14.4 Å². The van der Waals surface area contributed by atoms with Crippen LogP contribution in [0.3, 0.4) is 0 Å². The molecule has 0 N–H and O–H groups in total. The zero-order chi connectivity index (χ0) is 13.3. The zero-order valence-corrected chi connectivity index (χ0v) is 11.4. The molecule has 0 bridgehead atoms. The van der Waals surface area contributed by atoms with Crippen molar-refractivity contribution in [3.8, 4) is 11.5 Å². The molecule has 2 aromatic rings. The molecule has 1 aromatic heterocycles. The van der Waals surface area contributed by atoms with Gasteiger partial charge in [0.25, 0.3) is 0 Å². The van der Waals surface area contributed by atoms with Crippen molar-refractivity contribution in [3.63, 3.8) is 0 Å². The maximum absolute atomic E-state index is 5.44. The lowest BCUT2D eigenvalue weighted by molar-refractivity contribution is 0.409. The minimum Gasteiger partial charge on any atom is -0.496 e. The molecule has 0 aliphatic carbocycles. The fourth-order valence-corrected chi connectivity index (χ4v) is 2.08. The highest BCUT2D eigenvalue weighted by Gasteiger charge is 2.14. The van der Waals surface area contributed by atoms with Gasteiger partial charge < -0.3 is 14.4 Å². The number of anilines is 1. The van der Waals surface area contributed by atoms with Gasteiger partial charge in [0.05, 0.1) is 25.3 Å². The van der Waals surface area contributed by atoms with E-state index in [1.807, 2.05) is 39.2 Å². The summed E-state index contributed by atoms with van der Waals surface area (Å²) < 4.78 is 10.8. The molecule has 0 saturated heterocycles. The molecule has 1 heterocycles. The fourth-order valence-electron chi connectivity index (χ4n) is 2.08. The van der Waals surface area contributed by atoms with E-state index in [-0.39, 0.29) is 0 Å². The van der Waals surface area contributed by atoms with Crippen LogP contribution in [0.2, 0.25) is 0 Å². The van der Waals surface area contributed by atoms with Crippen molar-refractivity contribution in [2.45, 2.75) is 6.92 Å². The third-order valence-corrected chi connectivity index (χ3v) is 2.91. The number of fused-ring (bicyclic) bond motifs is 1. The van der Waals surface area contributed by atoms with Gasteiger partial charge in [0, 0.05) is 19.8 Å². The Balaban J connectivity index is 2.91. The van der Waals surface area contributed by atoms with Crippen molar-refractivity contribution in [1.29, 1.82) is 0 Å². The minimum absolute atomic E-state index is 0.762. The van der Waals surface area contributed by atoms with Gasteiger partial charge in [0.1, 0.15) is 17.0 Å². The van der Waals surface area contributed by atoms with Gasteiger partial charge in [-0.2, -0.15) is 0 Å². The van der Waals surface area contributed by atoms with Crippen molar-refractivity contribution in [1.82, 2.24) is 4.98 Å². The van der Waals surface area contributed by atoms with E-state index in [0.29, 0.717) is 0 Å². The molecule has 4 nitrogen and oxygen atoms in total. The second-order valence-corrected chi connectivity index (χ2v) is 4.37. The monoisotopic (exact) mass is 246 g/mol. The summed E-state index contributed by atoms with van der Waals surface area (Å²) in [4.78, 5) is 6.62. The number of rotatable bonds is 3. The lowest BCUT2D eigenvalue weighted by atomic mass is 10.1. The summed E-state index contributed by atoms with van der Waals surface area (Å²) in [6.07, 6.45) is 0. The van der Waals surface area contributed by atoms with Crippen molar-refractivity contribution in [3.05, 3.63) is 23.9 Å². The number of aromatic nitrogens is 1. The number of aryl methyl sites for hydroxylation is 1. The van der Waals surface area contributed by atoms with Crippen LogP contribution in [0.4, 0.5) is 5.69 Å². The molecule has 1 aromatic carbocycles. The van der Waals surface area contributed by atoms with Gasteiger partial charge in [-0.3, -0.25) is 0 Å². The first-order chi connectivity index (χ1) is 8.58. The predicted molar refractivity (Wildman–Crippen MR) is 73.9 cm³/mol. The largest absolute Gasteiger partial charge is 0.496 e. The summed E-state index contributed by atoms with van der Waals surface area (Å²) in [5.74, 6) is 1.57. The quantitative estimate of drug-likeness (QED) is 0.834. The number of pyridine rings is 1. The van der Waals surface area contributed by atoms with Crippen LogP contribution >= 0.6 is 0 Å². The number of ether oxygens (including phenoxy) is 2. The number of hydrogen-bond donors (Lipinski definition) is 0. The Morgan fingerprint density at radius 3 is 2.22 bits per heavy atom. The number of methoxy groups -OCH3 is 2. The van der Waals surface area contributed by atoms with Gasteiger partial charge in [-0.05, 0) is 25.1 Å². The topological polar surface area (TPSA) is 34.6 Å². The molecule has 0 aliphatic rings. The highest BCUT2D eigenvalue weighted by Crippen LogP contribution is 2.38. The Hall–Kier alpha value is -1.97. The Morgan fingerprint density at radius 2 is 1.67 bits per heavy atom. The third kappa shape index (κ3) is 1.94. The van der Waals surface area contributed by atoms with Crippen LogP contribution in [0.15, 0.2) is 18.2 Å². The molecule has 0 atom stereocenters. The van der Waals surface area contributed by atoms with Crippen LogP contribution in [-0.4, -0.2) is 33.3 Å². The number of hydrogen-bond acceptors (Lipinski definition) is 4. The van der Waals surface area contributed by atoms with Gasteiger partial charge in [-0.15, -0.1) is 0 Å². The van der Waals surface area contributed by atoms with Crippen molar-refractivity contribution in [2.24, 2.45) is 0 Å². The summed E-state index contributed by atoms with van der Waals surface area (Å²) >= 11 is 0. The molecule has 0 amide bonds. The lowest BCUT2D eigenvalue weighted by Crippen LogP contribution is -2.10. The van der Waals surface area contributed by atoms with E-state index in [2.05, 4.69) is 9.88 Å². The van der Waals surface area contributed by atoms with E-state index >= 15 is 0 Å². The molecule has 0 spiro atoms. The molecule has 0 saturated carbocycles. The molecule has 96 valence electrons. The Morgan fingerprint density at radius 1 is 1.06 bits per heavy atom. The van der Waals surface area contributed by atoms with Crippen LogP contribution in [0, 0.1) is 6.92 Å². The van der Waals surface area contributed by atoms with Gasteiger partial charge in [0.15, 0.2) is 0 Å². The zero-order valence-electron chi connectivity index (χ0n) is 11.4. The van der Waals surface area contributed by atoms with E-state index in [1.54, 1.807) is 14.2 Å². The van der Waals surface area contributed by atoms with Crippen molar-refractivity contribution < 1.29 is 9.47 Å². The summed E-state index contributed by atoms with van der Waals surface area (Å²) in [6.45, 7) is 1.98. The first-order valence-electron chi connectivity index (χ1n) is 5.78. The Bertz CT molecular complexity index is 580. The second-order valence-electron chi connectivity index (χ2n) is 4.37. The maximum Gasteiger partial charge on any atom is 0.145 e. The lowest BCUT2D eigenvalue weighted by Gasteiger charge is -2.19. The average Bonchev–Trinajstić information content (AvgIpc) is 2.36. The smallest absolute Gasteiger partial charge is 0.145 e. The van der Waals surface area contributed by atoms with Gasteiger partial charge in [0.2, 0.25) is 0 Å². The molecule has 2 rings (SSSR count). The summed E-state index contributed by atoms with van der Waals surface area (Å²) in [5.41, 5.74) is 2.87. The fraction of sp³-hybridized carbons (Fsp3) is 0.357. The van der Waals surface area contributed by atoms with Crippen molar-refractivity contribution >= 4 is 16.6 Å². The van der Waals surface area contributed by atoms with Crippen LogP contribution in [-0.2, 0) is 0 Å². The molecule has 18 heavy (non-hydrogen) atoms. The second kappa shape index (κ2) is 4.72. The third-order valence-electron chi connectivity index (χ3n) is 2.91. The molecule has 4 heteroatoms. The van der Waals surface area contributed by atoms with E-state index in [0.717, 1.165) is 33.8 Å². The van der Waals surface area contributed by atoms with E-state index in [1.165, 1.54) is 0 Å². The van der Waals surface area contributed by atoms with Gasteiger partial charge >= 0.3 is 0 Å². The first-order valence-corrected chi connectivity index (χ1v) is 5.78. The minimum atomic E-state index is 0.762. The van der Waals surface area contributed by atoms with E-state index in [9.17, 15) is 0 Å². The summed E-state index contributed by atoms with van der Waals surface area (Å²) in [5, 5.41) is 0.979. The molecule has 0 fully saturated rings. The average molecular weight is 246 g/mol. The molecule has 0 radical (unpaired) electrons. The Kier molecular flexibility index (Phi) is 3.28. The SMILES string of the molecule is COc1ccc(OC)c2c(N(C)C)cc(C)nc12. The highest BCUT2D eigenvalue weighted by atomic mass is 16.5. The summed E-state index contributed by atoms with van der Waals surface area (Å²) in [6, 6.07) is 5.84.